The second-order valence-electron chi connectivity index (χ2n) is 4.61. The van der Waals surface area contributed by atoms with E-state index in [4.69, 9.17) is 27.9 Å². The molecule has 6 nitrogen and oxygen atoms in total. The lowest BCUT2D eigenvalue weighted by atomic mass is 10.2. The fourth-order valence-corrected chi connectivity index (χ4v) is 2.61. The minimum Gasteiger partial charge on any atom is -0.375 e. The van der Waals surface area contributed by atoms with Crippen molar-refractivity contribution in [3.63, 3.8) is 0 Å². The van der Waals surface area contributed by atoms with Crippen molar-refractivity contribution in [2.24, 2.45) is 0 Å². The van der Waals surface area contributed by atoms with E-state index in [0.29, 0.717) is 31.7 Å². The fraction of sp³-hybridized carbons (Fsp3) is 0.462. The van der Waals surface area contributed by atoms with Crippen LogP contribution < -0.4 is 0 Å². The van der Waals surface area contributed by atoms with E-state index < -0.39 is 0 Å². The average Bonchev–Trinajstić information content (AvgIpc) is 2.46. The highest BCUT2D eigenvalue weighted by atomic mass is 35.5. The van der Waals surface area contributed by atoms with E-state index in [1.165, 1.54) is 19.2 Å². The molecule has 0 bridgehead atoms. The maximum atomic E-state index is 12.4. The highest BCUT2D eigenvalue weighted by Crippen LogP contribution is 2.17. The molecule has 0 aromatic carbocycles. The lowest BCUT2D eigenvalue weighted by molar-refractivity contribution is -0.136. The van der Waals surface area contributed by atoms with Crippen molar-refractivity contribution in [2.75, 3.05) is 39.9 Å². The van der Waals surface area contributed by atoms with Crippen molar-refractivity contribution in [2.45, 2.75) is 0 Å². The number of carbonyl (C=O) groups excluding carboxylic acids is 2. The van der Waals surface area contributed by atoms with Gasteiger partial charge in [-0.25, -0.2) is 4.98 Å². The van der Waals surface area contributed by atoms with Crippen LogP contribution in [0.2, 0.25) is 10.3 Å². The highest BCUT2D eigenvalue weighted by molar-refractivity contribution is 6.33. The summed E-state index contributed by atoms with van der Waals surface area (Å²) in [6, 6.07) is 2.97. The van der Waals surface area contributed by atoms with E-state index in [2.05, 4.69) is 4.98 Å². The number of piperazine rings is 1. The average molecular weight is 332 g/mol. The Kier molecular flexibility index (Phi) is 5.39. The number of pyridine rings is 1. The summed E-state index contributed by atoms with van der Waals surface area (Å²) in [6.45, 7) is 1.96. The maximum Gasteiger partial charge on any atom is 0.254 e. The summed E-state index contributed by atoms with van der Waals surface area (Å²) in [6.07, 6.45) is 0. The van der Waals surface area contributed by atoms with Crippen molar-refractivity contribution in [1.82, 2.24) is 14.8 Å². The summed E-state index contributed by atoms with van der Waals surface area (Å²) in [7, 11) is 1.48. The number of amides is 2. The molecule has 2 rings (SSSR count). The third kappa shape index (κ3) is 4.06. The molecule has 0 atom stereocenters. The molecule has 0 unspecified atom stereocenters. The number of hydrogen-bond acceptors (Lipinski definition) is 4. The Morgan fingerprint density at radius 3 is 2.19 bits per heavy atom. The monoisotopic (exact) mass is 331 g/mol. The minimum atomic E-state index is -0.167. The SMILES string of the molecule is COCC(=O)N1CCN(C(=O)c2cc(Cl)nc(Cl)c2)CC1. The first-order chi connectivity index (χ1) is 10.0. The van der Waals surface area contributed by atoms with Gasteiger partial charge in [0.15, 0.2) is 0 Å². The number of rotatable bonds is 3. The Morgan fingerprint density at radius 2 is 1.67 bits per heavy atom. The lowest BCUT2D eigenvalue weighted by Crippen LogP contribution is -2.51. The van der Waals surface area contributed by atoms with Gasteiger partial charge in [-0.2, -0.15) is 0 Å². The van der Waals surface area contributed by atoms with Crippen LogP contribution in [0.1, 0.15) is 10.4 Å². The molecule has 2 amide bonds. The molecular formula is C13H15Cl2N3O3. The van der Waals surface area contributed by atoms with Crippen LogP contribution in [-0.4, -0.2) is 66.5 Å². The Balaban J connectivity index is 1.98. The first-order valence-corrected chi connectivity index (χ1v) is 7.16. The van der Waals surface area contributed by atoms with Gasteiger partial charge in [0.2, 0.25) is 5.91 Å². The van der Waals surface area contributed by atoms with Gasteiger partial charge in [0.05, 0.1) is 0 Å². The third-order valence-corrected chi connectivity index (χ3v) is 3.58. The van der Waals surface area contributed by atoms with Gasteiger partial charge in [-0.05, 0) is 12.1 Å². The first kappa shape index (κ1) is 16.0. The summed E-state index contributed by atoms with van der Waals surface area (Å²) >= 11 is 11.6. The van der Waals surface area contributed by atoms with E-state index in [9.17, 15) is 9.59 Å². The molecular weight excluding hydrogens is 317 g/mol. The topological polar surface area (TPSA) is 62.7 Å². The summed E-state index contributed by atoms with van der Waals surface area (Å²) in [5.74, 6) is -0.236. The number of hydrogen-bond donors (Lipinski definition) is 0. The molecule has 0 spiro atoms. The summed E-state index contributed by atoms with van der Waals surface area (Å²) in [4.78, 5) is 31.2. The molecule has 114 valence electrons. The van der Waals surface area contributed by atoms with E-state index in [1.54, 1.807) is 9.80 Å². The van der Waals surface area contributed by atoms with E-state index in [0.717, 1.165) is 0 Å². The second-order valence-corrected chi connectivity index (χ2v) is 5.38. The molecule has 0 saturated carbocycles. The van der Waals surface area contributed by atoms with Gasteiger partial charge in [-0.1, -0.05) is 23.2 Å². The maximum absolute atomic E-state index is 12.4. The molecule has 1 aromatic rings. The molecule has 8 heteroatoms. The number of methoxy groups -OCH3 is 1. The van der Waals surface area contributed by atoms with Crippen LogP contribution in [0, 0.1) is 0 Å². The number of halogens is 2. The Hall–Kier alpha value is -1.37. The van der Waals surface area contributed by atoms with E-state index >= 15 is 0 Å². The molecule has 0 radical (unpaired) electrons. The Morgan fingerprint density at radius 1 is 1.14 bits per heavy atom. The predicted octanol–water partition coefficient (Wildman–Crippen LogP) is 1.32. The Labute approximate surface area is 132 Å². The highest BCUT2D eigenvalue weighted by Gasteiger charge is 2.25. The number of carbonyl (C=O) groups is 2. The first-order valence-electron chi connectivity index (χ1n) is 6.40. The van der Waals surface area contributed by atoms with Crippen LogP contribution >= 0.6 is 23.2 Å². The van der Waals surface area contributed by atoms with Gasteiger partial charge in [-0.3, -0.25) is 9.59 Å². The van der Waals surface area contributed by atoms with Crippen molar-refractivity contribution in [1.29, 1.82) is 0 Å². The van der Waals surface area contributed by atoms with Crippen LogP contribution in [0.5, 0.6) is 0 Å². The lowest BCUT2D eigenvalue weighted by Gasteiger charge is -2.34. The zero-order valence-corrected chi connectivity index (χ0v) is 13.0. The van der Waals surface area contributed by atoms with Crippen LogP contribution in [0.4, 0.5) is 0 Å². The number of ether oxygens (including phenoxy) is 1. The predicted molar refractivity (Wildman–Crippen MR) is 78.6 cm³/mol. The van der Waals surface area contributed by atoms with Gasteiger partial charge in [0.1, 0.15) is 16.9 Å². The molecule has 0 aliphatic carbocycles. The zero-order chi connectivity index (χ0) is 15.4. The van der Waals surface area contributed by atoms with Crippen molar-refractivity contribution >= 4 is 35.0 Å². The molecule has 0 N–H and O–H groups in total. The second kappa shape index (κ2) is 7.06. The zero-order valence-electron chi connectivity index (χ0n) is 11.5. The Bertz CT molecular complexity index is 525. The molecule has 1 aliphatic rings. The third-order valence-electron chi connectivity index (χ3n) is 3.20. The largest absolute Gasteiger partial charge is 0.375 e. The molecule has 1 fully saturated rings. The van der Waals surface area contributed by atoms with Crippen LogP contribution in [0.3, 0.4) is 0 Å². The van der Waals surface area contributed by atoms with Crippen molar-refractivity contribution < 1.29 is 14.3 Å². The van der Waals surface area contributed by atoms with Crippen molar-refractivity contribution in [3.8, 4) is 0 Å². The quantitative estimate of drug-likeness (QED) is 0.783. The van der Waals surface area contributed by atoms with Crippen LogP contribution in [0.15, 0.2) is 12.1 Å². The molecule has 1 aliphatic heterocycles. The van der Waals surface area contributed by atoms with E-state index in [1.807, 2.05) is 0 Å². The van der Waals surface area contributed by atoms with Gasteiger partial charge in [-0.15, -0.1) is 0 Å². The van der Waals surface area contributed by atoms with Crippen LogP contribution in [0.25, 0.3) is 0 Å². The smallest absolute Gasteiger partial charge is 0.254 e. The number of aromatic nitrogens is 1. The van der Waals surface area contributed by atoms with Crippen molar-refractivity contribution in [3.05, 3.63) is 28.0 Å². The van der Waals surface area contributed by atoms with Gasteiger partial charge < -0.3 is 14.5 Å². The summed E-state index contributed by atoms with van der Waals surface area (Å²) in [5, 5.41) is 0.361. The van der Waals surface area contributed by atoms with Gasteiger partial charge in [0.25, 0.3) is 5.91 Å². The standard InChI is InChI=1S/C13H15Cl2N3O3/c1-21-8-12(19)17-2-4-18(5-3-17)13(20)9-6-10(14)16-11(15)7-9/h6-7H,2-5,8H2,1H3. The fourth-order valence-electron chi connectivity index (χ4n) is 2.14. The van der Waals surface area contributed by atoms with Gasteiger partial charge >= 0.3 is 0 Å². The van der Waals surface area contributed by atoms with Gasteiger partial charge in [0, 0.05) is 38.9 Å². The summed E-state index contributed by atoms with van der Waals surface area (Å²) < 4.78 is 4.82. The molecule has 1 aromatic heterocycles. The molecule has 1 saturated heterocycles. The van der Waals surface area contributed by atoms with E-state index in [-0.39, 0.29) is 28.7 Å². The summed E-state index contributed by atoms with van der Waals surface area (Å²) in [5.41, 5.74) is 0.400. The minimum absolute atomic E-state index is 0.0590. The number of nitrogens with zero attached hydrogens (tertiary/aromatic N) is 3. The normalized spacial score (nSPS) is 15.2. The molecule has 2 heterocycles. The molecule has 21 heavy (non-hydrogen) atoms. The van der Waals surface area contributed by atoms with Crippen LogP contribution in [-0.2, 0) is 9.53 Å².